The second kappa shape index (κ2) is 5.18. The number of alkyl carbamates (subject to hydrolysis) is 1. The van der Waals surface area contributed by atoms with E-state index in [1.54, 1.807) is 0 Å². The van der Waals surface area contributed by atoms with Gasteiger partial charge in [0.2, 0.25) is 5.91 Å². The number of rotatable bonds is 3. The van der Waals surface area contributed by atoms with E-state index in [0.29, 0.717) is 18.9 Å². The summed E-state index contributed by atoms with van der Waals surface area (Å²) in [6, 6.07) is 0. The standard InChI is InChI=1S/C11H20N2O3/c1-11(2,3)16-10(15)12-5-4-8-6-9(14)13-7-8/h8H,4-7H2,1-3H3,(H,12,15)(H,13,14). The first kappa shape index (κ1) is 12.8. The lowest BCUT2D eigenvalue weighted by Gasteiger charge is -2.19. The van der Waals surface area contributed by atoms with E-state index in [4.69, 9.17) is 4.74 Å². The summed E-state index contributed by atoms with van der Waals surface area (Å²) in [5, 5.41) is 5.44. The van der Waals surface area contributed by atoms with Crippen LogP contribution in [0.4, 0.5) is 4.79 Å². The number of carbonyl (C=O) groups excluding carboxylic acids is 2. The summed E-state index contributed by atoms with van der Waals surface area (Å²) in [4.78, 5) is 22.2. The highest BCUT2D eigenvalue weighted by Gasteiger charge is 2.21. The Hall–Kier alpha value is -1.26. The van der Waals surface area contributed by atoms with Crippen molar-refractivity contribution in [2.45, 2.75) is 39.2 Å². The molecule has 5 heteroatoms. The zero-order chi connectivity index (χ0) is 12.2. The van der Waals surface area contributed by atoms with Crippen LogP contribution in [0.3, 0.4) is 0 Å². The van der Waals surface area contributed by atoms with Gasteiger partial charge in [-0.25, -0.2) is 4.79 Å². The molecule has 92 valence electrons. The van der Waals surface area contributed by atoms with Gasteiger partial charge in [0.05, 0.1) is 0 Å². The lowest BCUT2D eigenvalue weighted by atomic mass is 10.1. The van der Waals surface area contributed by atoms with Crippen LogP contribution in [0.2, 0.25) is 0 Å². The Morgan fingerprint density at radius 3 is 2.75 bits per heavy atom. The maximum absolute atomic E-state index is 11.3. The topological polar surface area (TPSA) is 67.4 Å². The monoisotopic (exact) mass is 228 g/mol. The molecule has 1 heterocycles. The molecule has 5 nitrogen and oxygen atoms in total. The number of ether oxygens (including phenoxy) is 1. The Morgan fingerprint density at radius 1 is 1.56 bits per heavy atom. The van der Waals surface area contributed by atoms with E-state index in [1.165, 1.54) is 0 Å². The molecule has 0 spiro atoms. The molecule has 1 saturated heterocycles. The summed E-state index contributed by atoms with van der Waals surface area (Å²) in [6.45, 7) is 6.74. The van der Waals surface area contributed by atoms with Crippen molar-refractivity contribution in [3.05, 3.63) is 0 Å². The lowest BCUT2D eigenvalue weighted by Crippen LogP contribution is -2.33. The van der Waals surface area contributed by atoms with Crippen molar-refractivity contribution in [1.29, 1.82) is 0 Å². The molecule has 1 fully saturated rings. The van der Waals surface area contributed by atoms with Crippen molar-refractivity contribution in [3.63, 3.8) is 0 Å². The van der Waals surface area contributed by atoms with Crippen LogP contribution in [-0.4, -0.2) is 30.7 Å². The summed E-state index contributed by atoms with van der Waals surface area (Å²) in [5.41, 5.74) is -0.463. The summed E-state index contributed by atoms with van der Waals surface area (Å²) in [6.07, 6.45) is 0.971. The van der Waals surface area contributed by atoms with Crippen molar-refractivity contribution >= 4 is 12.0 Å². The van der Waals surface area contributed by atoms with Gasteiger partial charge in [0, 0.05) is 19.5 Å². The van der Waals surface area contributed by atoms with Crippen molar-refractivity contribution in [3.8, 4) is 0 Å². The van der Waals surface area contributed by atoms with E-state index in [1.807, 2.05) is 20.8 Å². The Balaban J connectivity index is 2.11. The molecule has 2 amide bonds. The minimum absolute atomic E-state index is 0.0993. The first-order valence-electron chi connectivity index (χ1n) is 5.60. The fraction of sp³-hybridized carbons (Fsp3) is 0.818. The molecule has 0 aromatic rings. The summed E-state index contributed by atoms with van der Waals surface area (Å²) >= 11 is 0. The highest BCUT2D eigenvalue weighted by atomic mass is 16.6. The molecule has 1 aliphatic rings. The summed E-state index contributed by atoms with van der Waals surface area (Å²) in [7, 11) is 0. The second-order valence-corrected chi connectivity index (χ2v) is 5.09. The van der Waals surface area contributed by atoms with Crippen LogP contribution < -0.4 is 10.6 Å². The SMILES string of the molecule is CC(C)(C)OC(=O)NCCC1CNC(=O)C1. The Labute approximate surface area is 95.9 Å². The van der Waals surface area contributed by atoms with Gasteiger partial charge in [0.25, 0.3) is 0 Å². The molecule has 1 rings (SSSR count). The van der Waals surface area contributed by atoms with Gasteiger partial charge in [-0.15, -0.1) is 0 Å². The van der Waals surface area contributed by atoms with Gasteiger partial charge in [0.15, 0.2) is 0 Å². The average molecular weight is 228 g/mol. The third kappa shape index (κ3) is 5.00. The molecule has 0 saturated carbocycles. The predicted molar refractivity (Wildman–Crippen MR) is 60.0 cm³/mol. The Bertz CT molecular complexity index is 271. The largest absolute Gasteiger partial charge is 0.444 e. The van der Waals surface area contributed by atoms with E-state index in [9.17, 15) is 9.59 Å². The molecule has 1 aliphatic heterocycles. The minimum Gasteiger partial charge on any atom is -0.444 e. The van der Waals surface area contributed by atoms with Crippen LogP contribution in [0.25, 0.3) is 0 Å². The number of nitrogens with one attached hydrogen (secondary N) is 2. The quantitative estimate of drug-likeness (QED) is 0.758. The molecule has 16 heavy (non-hydrogen) atoms. The molecule has 0 radical (unpaired) electrons. The zero-order valence-electron chi connectivity index (χ0n) is 10.1. The molecule has 0 aromatic carbocycles. The van der Waals surface area contributed by atoms with Crippen LogP contribution in [-0.2, 0) is 9.53 Å². The summed E-state index contributed by atoms with van der Waals surface area (Å²) in [5.74, 6) is 0.435. The van der Waals surface area contributed by atoms with Gasteiger partial charge in [-0.1, -0.05) is 0 Å². The highest BCUT2D eigenvalue weighted by Crippen LogP contribution is 2.12. The zero-order valence-corrected chi connectivity index (χ0v) is 10.1. The van der Waals surface area contributed by atoms with Crippen molar-refractivity contribution < 1.29 is 14.3 Å². The molecule has 0 aliphatic carbocycles. The molecule has 1 unspecified atom stereocenters. The van der Waals surface area contributed by atoms with Crippen LogP contribution >= 0.6 is 0 Å². The van der Waals surface area contributed by atoms with E-state index < -0.39 is 11.7 Å². The van der Waals surface area contributed by atoms with E-state index in [0.717, 1.165) is 13.0 Å². The molecular formula is C11H20N2O3. The van der Waals surface area contributed by atoms with Gasteiger partial charge >= 0.3 is 6.09 Å². The fourth-order valence-corrected chi connectivity index (χ4v) is 1.56. The van der Waals surface area contributed by atoms with Crippen LogP contribution in [0.5, 0.6) is 0 Å². The second-order valence-electron chi connectivity index (χ2n) is 5.09. The van der Waals surface area contributed by atoms with Gasteiger partial charge in [-0.05, 0) is 33.1 Å². The third-order valence-corrected chi connectivity index (χ3v) is 2.28. The molecule has 2 N–H and O–H groups in total. The Morgan fingerprint density at radius 2 is 2.25 bits per heavy atom. The van der Waals surface area contributed by atoms with Crippen LogP contribution in [0.15, 0.2) is 0 Å². The number of amides is 2. The van der Waals surface area contributed by atoms with Gasteiger partial charge in [-0.2, -0.15) is 0 Å². The number of hydrogen-bond donors (Lipinski definition) is 2. The van der Waals surface area contributed by atoms with Crippen molar-refractivity contribution in [1.82, 2.24) is 10.6 Å². The minimum atomic E-state index is -0.463. The number of carbonyl (C=O) groups is 2. The summed E-state index contributed by atoms with van der Waals surface area (Å²) < 4.78 is 5.09. The van der Waals surface area contributed by atoms with Gasteiger partial charge < -0.3 is 15.4 Å². The van der Waals surface area contributed by atoms with Gasteiger partial charge in [0.1, 0.15) is 5.60 Å². The predicted octanol–water partition coefficient (Wildman–Crippen LogP) is 1.04. The third-order valence-electron chi connectivity index (χ3n) is 2.28. The van der Waals surface area contributed by atoms with Gasteiger partial charge in [-0.3, -0.25) is 4.79 Å². The van der Waals surface area contributed by atoms with Crippen LogP contribution in [0.1, 0.15) is 33.6 Å². The van der Waals surface area contributed by atoms with Crippen molar-refractivity contribution in [2.24, 2.45) is 5.92 Å². The smallest absolute Gasteiger partial charge is 0.407 e. The maximum atomic E-state index is 11.3. The molecule has 1 atom stereocenters. The maximum Gasteiger partial charge on any atom is 0.407 e. The first-order valence-corrected chi connectivity index (χ1v) is 5.60. The van der Waals surface area contributed by atoms with E-state index in [-0.39, 0.29) is 5.91 Å². The van der Waals surface area contributed by atoms with E-state index in [2.05, 4.69) is 10.6 Å². The Kier molecular flexibility index (Phi) is 4.15. The average Bonchev–Trinajstić information content (AvgIpc) is 2.48. The highest BCUT2D eigenvalue weighted by molar-refractivity contribution is 5.78. The van der Waals surface area contributed by atoms with Crippen molar-refractivity contribution in [2.75, 3.05) is 13.1 Å². The van der Waals surface area contributed by atoms with E-state index >= 15 is 0 Å². The fourth-order valence-electron chi connectivity index (χ4n) is 1.56. The number of hydrogen-bond acceptors (Lipinski definition) is 3. The normalized spacial score (nSPS) is 20.4. The molecular weight excluding hydrogens is 208 g/mol. The molecule has 0 bridgehead atoms. The lowest BCUT2D eigenvalue weighted by molar-refractivity contribution is -0.119. The molecule has 0 aromatic heterocycles. The first-order chi connectivity index (χ1) is 7.37. The van der Waals surface area contributed by atoms with Crippen LogP contribution in [0, 0.1) is 5.92 Å².